The first-order valence-electron chi connectivity index (χ1n) is 17.1. The Hall–Kier alpha value is -2.23. The van der Waals surface area contributed by atoms with Gasteiger partial charge in [-0.25, -0.2) is 4.79 Å². The maximum absolute atomic E-state index is 13.0. The molecule has 43 heavy (non-hydrogen) atoms. The minimum atomic E-state index is -0.336. The van der Waals surface area contributed by atoms with Crippen molar-refractivity contribution in [1.29, 1.82) is 0 Å². The number of allylic oxidation sites excluding steroid dienone is 1. The molecule has 6 rings (SSSR count). The normalized spacial score (nSPS) is 45.0. The Labute approximate surface area is 260 Å². The summed E-state index contributed by atoms with van der Waals surface area (Å²) >= 11 is 0. The van der Waals surface area contributed by atoms with E-state index in [0.29, 0.717) is 39.6 Å². The fourth-order valence-corrected chi connectivity index (χ4v) is 12.7. The lowest BCUT2D eigenvalue weighted by molar-refractivity contribution is -0.248. The first-order valence-corrected chi connectivity index (χ1v) is 17.1. The highest BCUT2D eigenvalue weighted by atomic mass is 16.5. The Morgan fingerprint density at radius 1 is 0.860 bits per heavy atom. The largest absolute Gasteiger partial charge is 0.504 e. The number of phenols is 2. The second kappa shape index (κ2) is 10.1. The molecule has 5 fully saturated rings. The van der Waals surface area contributed by atoms with Crippen molar-refractivity contribution in [3.8, 4) is 11.5 Å². The van der Waals surface area contributed by atoms with Crippen molar-refractivity contribution in [2.45, 2.75) is 119 Å². The van der Waals surface area contributed by atoms with Crippen LogP contribution in [0.4, 0.5) is 0 Å². The zero-order valence-electron chi connectivity index (χ0n) is 27.8. The molecule has 0 aromatic heterocycles. The molecular weight excluding hydrogens is 532 g/mol. The van der Waals surface area contributed by atoms with Crippen molar-refractivity contribution >= 4 is 12.0 Å². The molecule has 2 N–H and O–H groups in total. The van der Waals surface area contributed by atoms with Gasteiger partial charge < -0.3 is 14.9 Å². The number of carbonyl (C=O) groups excluding carboxylic acids is 1. The summed E-state index contributed by atoms with van der Waals surface area (Å²) < 4.78 is 6.19. The molecule has 0 radical (unpaired) electrons. The van der Waals surface area contributed by atoms with Crippen molar-refractivity contribution in [3.05, 3.63) is 42.0 Å². The second-order valence-corrected chi connectivity index (χ2v) is 17.2. The molecule has 10 atom stereocenters. The number of fused-ring (bicyclic) bond motifs is 7. The highest BCUT2D eigenvalue weighted by Gasteiger charge is 2.70. The summed E-state index contributed by atoms with van der Waals surface area (Å²) in [6, 6.07) is 4.54. The number of hydrogen-bond acceptors (Lipinski definition) is 4. The van der Waals surface area contributed by atoms with E-state index >= 15 is 0 Å². The first-order chi connectivity index (χ1) is 20.1. The fourth-order valence-electron chi connectivity index (χ4n) is 12.7. The zero-order chi connectivity index (χ0) is 31.2. The van der Waals surface area contributed by atoms with Crippen LogP contribution in [0.25, 0.3) is 6.08 Å². The highest BCUT2D eigenvalue weighted by Crippen LogP contribution is 2.77. The third-order valence-electron chi connectivity index (χ3n) is 15.1. The van der Waals surface area contributed by atoms with Crippen LogP contribution in [0, 0.1) is 56.7 Å². The molecule has 0 saturated heterocycles. The number of esters is 1. The number of benzene rings is 1. The van der Waals surface area contributed by atoms with Crippen molar-refractivity contribution < 1.29 is 19.7 Å². The highest BCUT2D eigenvalue weighted by molar-refractivity contribution is 5.87. The van der Waals surface area contributed by atoms with Crippen LogP contribution in [0.2, 0.25) is 0 Å². The maximum Gasteiger partial charge on any atom is 0.331 e. The minimum Gasteiger partial charge on any atom is -0.504 e. The van der Waals surface area contributed by atoms with Gasteiger partial charge in [-0.2, -0.15) is 0 Å². The molecule has 1 aromatic carbocycles. The fraction of sp³-hybridized carbons (Fsp3) is 0.718. The van der Waals surface area contributed by atoms with E-state index in [4.69, 9.17) is 4.74 Å². The predicted molar refractivity (Wildman–Crippen MR) is 173 cm³/mol. The van der Waals surface area contributed by atoms with Gasteiger partial charge >= 0.3 is 5.97 Å². The van der Waals surface area contributed by atoms with Crippen LogP contribution in [0.1, 0.15) is 118 Å². The van der Waals surface area contributed by atoms with Gasteiger partial charge in [-0.05, 0) is 146 Å². The van der Waals surface area contributed by atoms with Crippen LogP contribution in [0.15, 0.2) is 36.4 Å². The Morgan fingerprint density at radius 2 is 1.60 bits per heavy atom. The lowest BCUT2D eigenvalue weighted by Gasteiger charge is -2.73. The number of hydrogen-bond donors (Lipinski definition) is 2. The number of carbonyl (C=O) groups is 1. The summed E-state index contributed by atoms with van der Waals surface area (Å²) in [4.78, 5) is 13.0. The number of phenolic OH excluding ortho intramolecular Hbond substituents is 2. The van der Waals surface area contributed by atoms with Crippen LogP contribution in [0.3, 0.4) is 0 Å². The van der Waals surface area contributed by atoms with Gasteiger partial charge in [-0.3, -0.25) is 0 Å². The van der Waals surface area contributed by atoms with Gasteiger partial charge in [0, 0.05) is 11.5 Å². The third kappa shape index (κ3) is 4.46. The van der Waals surface area contributed by atoms with Gasteiger partial charge in [0.05, 0.1) is 0 Å². The summed E-state index contributed by atoms with van der Waals surface area (Å²) in [7, 11) is 0. The van der Waals surface area contributed by atoms with Gasteiger partial charge in [-0.1, -0.05) is 59.8 Å². The average Bonchev–Trinajstić information content (AvgIpc) is 3.29. The molecule has 0 bridgehead atoms. The quantitative estimate of drug-likeness (QED) is 0.159. The maximum atomic E-state index is 13.0. The summed E-state index contributed by atoms with van der Waals surface area (Å²) in [5, 5.41) is 19.4. The van der Waals surface area contributed by atoms with Gasteiger partial charge in [0.1, 0.15) is 6.10 Å². The lowest BCUT2D eigenvalue weighted by Crippen LogP contribution is -2.66. The summed E-state index contributed by atoms with van der Waals surface area (Å²) in [6.07, 6.45) is 15.6. The van der Waals surface area contributed by atoms with E-state index in [-0.39, 0.29) is 34.4 Å². The topological polar surface area (TPSA) is 66.8 Å². The van der Waals surface area contributed by atoms with Crippen LogP contribution in [0.5, 0.6) is 11.5 Å². The SMILES string of the molecule is C=C(C)C1CCC2(C)CCC3(C)C(CCC4C5(C)CCC(OC(=O)/C=C/c6ccc(O)c(O)c6)C(C)(C)C5CCC43C)C12. The number of ether oxygens (including phenoxy) is 1. The van der Waals surface area contributed by atoms with E-state index in [1.54, 1.807) is 12.1 Å². The van der Waals surface area contributed by atoms with Gasteiger partial charge in [0.25, 0.3) is 0 Å². The van der Waals surface area contributed by atoms with E-state index in [2.05, 4.69) is 55.0 Å². The molecular formula is C39H56O4. The van der Waals surface area contributed by atoms with Gasteiger partial charge in [0.15, 0.2) is 11.5 Å². The van der Waals surface area contributed by atoms with Crippen molar-refractivity contribution in [2.24, 2.45) is 56.7 Å². The lowest BCUT2D eigenvalue weighted by atomic mass is 9.32. The summed E-state index contributed by atoms with van der Waals surface area (Å²) in [5.41, 5.74) is 3.40. The van der Waals surface area contributed by atoms with Gasteiger partial charge in [0.2, 0.25) is 0 Å². The van der Waals surface area contributed by atoms with Crippen molar-refractivity contribution in [3.63, 3.8) is 0 Å². The van der Waals surface area contributed by atoms with E-state index in [1.807, 2.05) is 0 Å². The molecule has 0 spiro atoms. The zero-order valence-corrected chi connectivity index (χ0v) is 27.8. The predicted octanol–water partition coefficient (Wildman–Crippen LogP) is 9.70. The molecule has 10 unspecified atom stereocenters. The Balaban J connectivity index is 1.22. The van der Waals surface area contributed by atoms with E-state index < -0.39 is 0 Å². The molecule has 1 aromatic rings. The molecule has 0 aliphatic heterocycles. The Morgan fingerprint density at radius 3 is 2.30 bits per heavy atom. The molecule has 5 aliphatic carbocycles. The van der Waals surface area contributed by atoms with Crippen LogP contribution >= 0.6 is 0 Å². The molecule has 4 nitrogen and oxygen atoms in total. The monoisotopic (exact) mass is 588 g/mol. The standard InChI is InChI=1S/C39H56O4/c1-24(2)26-15-18-36(5)21-22-38(7)27(34(26)36)11-13-31-37(6)19-17-32(35(3,4)30(37)16-20-39(31,38)8)43-33(42)14-10-25-9-12-28(40)29(41)23-25/h9-10,12,14,23,26-27,30-32,34,40-41H,1,11,13,15-22H2,2-8H3/b14-10+. The average molecular weight is 589 g/mol. The number of aromatic hydroxyl groups is 2. The molecule has 0 heterocycles. The minimum absolute atomic E-state index is 0.103. The second-order valence-electron chi connectivity index (χ2n) is 17.2. The van der Waals surface area contributed by atoms with Gasteiger partial charge in [-0.15, -0.1) is 0 Å². The molecule has 5 aliphatic rings. The third-order valence-corrected chi connectivity index (χ3v) is 15.1. The van der Waals surface area contributed by atoms with Crippen LogP contribution in [-0.4, -0.2) is 22.3 Å². The van der Waals surface area contributed by atoms with E-state index in [1.165, 1.54) is 75.1 Å². The van der Waals surface area contributed by atoms with Crippen LogP contribution in [-0.2, 0) is 9.53 Å². The number of rotatable bonds is 4. The van der Waals surface area contributed by atoms with Crippen molar-refractivity contribution in [1.82, 2.24) is 0 Å². The molecule has 5 saturated carbocycles. The van der Waals surface area contributed by atoms with Crippen molar-refractivity contribution in [2.75, 3.05) is 0 Å². The molecule has 236 valence electrons. The van der Waals surface area contributed by atoms with Crippen LogP contribution < -0.4 is 0 Å². The van der Waals surface area contributed by atoms with E-state index in [0.717, 1.165) is 24.7 Å². The first kappa shape index (κ1) is 30.8. The summed E-state index contributed by atoms with van der Waals surface area (Å²) in [6.45, 7) is 22.1. The van der Waals surface area contributed by atoms with E-state index in [9.17, 15) is 15.0 Å². The Bertz CT molecular complexity index is 1330. The smallest absolute Gasteiger partial charge is 0.331 e. The summed E-state index contributed by atoms with van der Waals surface area (Å²) in [5.74, 6) is 2.79. The Kier molecular flexibility index (Phi) is 7.26. The molecule has 4 heteroatoms. The molecule has 0 amide bonds.